The summed E-state index contributed by atoms with van der Waals surface area (Å²) >= 11 is 5.61. The van der Waals surface area contributed by atoms with Gasteiger partial charge in [-0.2, -0.15) is 13.2 Å². The summed E-state index contributed by atoms with van der Waals surface area (Å²) in [4.78, 5) is 12.5. The first-order chi connectivity index (χ1) is 13.3. The Hall–Kier alpha value is -2.99. The van der Waals surface area contributed by atoms with Crippen molar-refractivity contribution in [2.24, 2.45) is 0 Å². The molecule has 0 bridgehead atoms. The minimum Gasteiger partial charge on any atom is -0.327 e. The van der Waals surface area contributed by atoms with Crippen LogP contribution >= 0.6 is 11.6 Å². The second kappa shape index (κ2) is 8.35. The fraction of sp³-hybridized carbons (Fsp3) is 0.0952. The third-order valence-corrected chi connectivity index (χ3v) is 4.40. The molecule has 0 heterocycles. The number of hydrogen-bond acceptors (Lipinski definition) is 1. The molecule has 3 aromatic carbocycles. The smallest absolute Gasteiger partial charge is 0.327 e. The zero-order chi connectivity index (χ0) is 20.1. The second-order valence-corrected chi connectivity index (χ2v) is 6.45. The predicted molar refractivity (Wildman–Crippen MR) is 103 cm³/mol. The van der Waals surface area contributed by atoms with Gasteiger partial charge < -0.3 is 10.6 Å². The van der Waals surface area contributed by atoms with Crippen molar-refractivity contribution in [2.45, 2.75) is 12.2 Å². The fourth-order valence-corrected chi connectivity index (χ4v) is 2.99. The lowest BCUT2D eigenvalue weighted by atomic mass is 9.99. The van der Waals surface area contributed by atoms with Gasteiger partial charge in [-0.25, -0.2) is 4.79 Å². The van der Waals surface area contributed by atoms with Crippen LogP contribution in [0.5, 0.6) is 0 Å². The quantitative estimate of drug-likeness (QED) is 0.528. The molecule has 0 unspecified atom stereocenters. The van der Waals surface area contributed by atoms with Gasteiger partial charge in [0.15, 0.2) is 0 Å². The molecule has 0 saturated heterocycles. The minimum atomic E-state index is -4.61. The number of nitrogens with one attached hydrogen (secondary N) is 2. The standard InChI is InChI=1S/C21H16ClF3N2O/c22-18-12-11-16(13-17(18)21(23,24)25)26-20(28)27-19(14-7-3-1-4-8-14)15-9-5-2-6-10-15/h1-13,19H,(H2,26,27,28). The molecular formula is C21H16ClF3N2O. The van der Waals surface area contributed by atoms with Crippen molar-refractivity contribution in [1.29, 1.82) is 0 Å². The minimum absolute atomic E-state index is 0.00546. The van der Waals surface area contributed by atoms with Gasteiger partial charge in [-0.1, -0.05) is 72.3 Å². The van der Waals surface area contributed by atoms with E-state index in [1.165, 1.54) is 6.07 Å². The van der Waals surface area contributed by atoms with Crippen LogP contribution in [0.2, 0.25) is 5.02 Å². The summed E-state index contributed by atoms with van der Waals surface area (Å²) in [5, 5.41) is 4.82. The van der Waals surface area contributed by atoms with E-state index in [4.69, 9.17) is 11.6 Å². The molecule has 0 aliphatic carbocycles. The number of anilines is 1. The number of halogens is 4. The Balaban J connectivity index is 1.82. The van der Waals surface area contributed by atoms with Crippen LogP contribution in [-0.4, -0.2) is 6.03 Å². The predicted octanol–water partition coefficient (Wildman–Crippen LogP) is 6.27. The van der Waals surface area contributed by atoms with Gasteiger partial charge in [0.25, 0.3) is 0 Å². The summed E-state index contributed by atoms with van der Waals surface area (Å²) in [6.45, 7) is 0. The monoisotopic (exact) mass is 404 g/mol. The van der Waals surface area contributed by atoms with Gasteiger partial charge in [0.05, 0.1) is 16.6 Å². The molecule has 28 heavy (non-hydrogen) atoms. The molecule has 0 radical (unpaired) electrons. The molecular weight excluding hydrogens is 389 g/mol. The van der Waals surface area contributed by atoms with Gasteiger partial charge >= 0.3 is 12.2 Å². The van der Waals surface area contributed by atoms with Crippen LogP contribution in [0.25, 0.3) is 0 Å². The van der Waals surface area contributed by atoms with E-state index in [1.807, 2.05) is 60.7 Å². The molecule has 0 aliphatic heterocycles. The van der Waals surface area contributed by atoms with E-state index < -0.39 is 28.8 Å². The van der Waals surface area contributed by atoms with Crippen molar-refractivity contribution < 1.29 is 18.0 Å². The van der Waals surface area contributed by atoms with Crippen LogP contribution in [-0.2, 0) is 6.18 Å². The van der Waals surface area contributed by atoms with E-state index in [1.54, 1.807) is 0 Å². The molecule has 3 rings (SSSR count). The number of carbonyl (C=O) groups excluding carboxylic acids is 1. The molecule has 0 spiro atoms. The van der Waals surface area contributed by atoms with E-state index in [9.17, 15) is 18.0 Å². The van der Waals surface area contributed by atoms with Crippen molar-refractivity contribution in [3.05, 3.63) is 101 Å². The number of carbonyl (C=O) groups is 1. The molecule has 3 aromatic rings. The molecule has 0 aromatic heterocycles. The Morgan fingerprint density at radius 1 is 0.857 bits per heavy atom. The Bertz CT molecular complexity index is 907. The molecule has 2 amide bonds. The molecule has 2 N–H and O–H groups in total. The average molecular weight is 405 g/mol. The summed E-state index contributed by atoms with van der Waals surface area (Å²) in [5.41, 5.74) is 0.676. The number of urea groups is 1. The van der Waals surface area contributed by atoms with Gasteiger partial charge in [-0.3, -0.25) is 0 Å². The normalized spacial score (nSPS) is 11.3. The van der Waals surface area contributed by atoms with Crippen molar-refractivity contribution in [1.82, 2.24) is 5.32 Å². The first-order valence-corrected chi connectivity index (χ1v) is 8.76. The highest BCUT2D eigenvalue weighted by atomic mass is 35.5. The maximum Gasteiger partial charge on any atom is 0.417 e. The number of benzene rings is 3. The van der Waals surface area contributed by atoms with E-state index >= 15 is 0 Å². The van der Waals surface area contributed by atoms with Crippen LogP contribution in [0.1, 0.15) is 22.7 Å². The summed E-state index contributed by atoms with van der Waals surface area (Å²) < 4.78 is 39.0. The van der Waals surface area contributed by atoms with Crippen molar-refractivity contribution >= 4 is 23.3 Å². The zero-order valence-corrected chi connectivity index (χ0v) is 15.3. The third kappa shape index (κ3) is 4.84. The largest absolute Gasteiger partial charge is 0.417 e. The van der Waals surface area contributed by atoms with Crippen molar-refractivity contribution in [2.75, 3.05) is 5.32 Å². The van der Waals surface area contributed by atoms with E-state index in [-0.39, 0.29) is 5.69 Å². The molecule has 7 heteroatoms. The first kappa shape index (κ1) is 19.8. The first-order valence-electron chi connectivity index (χ1n) is 8.39. The maximum atomic E-state index is 13.0. The summed E-state index contributed by atoms with van der Waals surface area (Å²) in [6.07, 6.45) is -4.61. The summed E-state index contributed by atoms with van der Waals surface area (Å²) in [7, 11) is 0. The lowest BCUT2D eigenvalue weighted by Crippen LogP contribution is -2.33. The Morgan fingerprint density at radius 3 is 1.89 bits per heavy atom. The molecule has 0 atom stereocenters. The van der Waals surface area contributed by atoms with E-state index in [0.717, 1.165) is 23.3 Å². The third-order valence-electron chi connectivity index (χ3n) is 4.07. The molecule has 0 saturated carbocycles. The van der Waals surface area contributed by atoms with Gasteiger partial charge in [0.1, 0.15) is 0 Å². The lowest BCUT2D eigenvalue weighted by Gasteiger charge is -2.20. The Morgan fingerprint density at radius 2 is 1.39 bits per heavy atom. The van der Waals surface area contributed by atoms with Gasteiger partial charge in [0, 0.05) is 5.69 Å². The van der Waals surface area contributed by atoms with Crippen LogP contribution in [0.15, 0.2) is 78.9 Å². The van der Waals surface area contributed by atoms with Crippen LogP contribution in [0, 0.1) is 0 Å². The van der Waals surface area contributed by atoms with Crippen molar-refractivity contribution in [3.8, 4) is 0 Å². The maximum absolute atomic E-state index is 13.0. The highest BCUT2D eigenvalue weighted by Crippen LogP contribution is 2.36. The fourth-order valence-electron chi connectivity index (χ4n) is 2.77. The number of rotatable bonds is 4. The van der Waals surface area contributed by atoms with Gasteiger partial charge in [-0.15, -0.1) is 0 Å². The Labute approximate surface area is 165 Å². The summed E-state index contributed by atoms with van der Waals surface area (Å²) in [5.74, 6) is 0. The molecule has 3 nitrogen and oxygen atoms in total. The number of amides is 2. The number of hydrogen-bond donors (Lipinski definition) is 2. The molecule has 0 aliphatic rings. The van der Waals surface area contributed by atoms with Crippen LogP contribution in [0.3, 0.4) is 0 Å². The van der Waals surface area contributed by atoms with Gasteiger partial charge in [-0.05, 0) is 29.3 Å². The highest BCUT2D eigenvalue weighted by Gasteiger charge is 2.33. The highest BCUT2D eigenvalue weighted by molar-refractivity contribution is 6.31. The topological polar surface area (TPSA) is 41.1 Å². The summed E-state index contributed by atoms with van der Waals surface area (Å²) in [6, 6.07) is 20.7. The Kier molecular flexibility index (Phi) is 5.90. The zero-order valence-electron chi connectivity index (χ0n) is 14.5. The SMILES string of the molecule is O=C(Nc1ccc(Cl)c(C(F)(F)F)c1)NC(c1ccccc1)c1ccccc1. The number of alkyl halides is 3. The van der Waals surface area contributed by atoms with E-state index in [0.29, 0.717) is 0 Å². The van der Waals surface area contributed by atoms with E-state index in [2.05, 4.69) is 10.6 Å². The van der Waals surface area contributed by atoms with Crippen LogP contribution < -0.4 is 10.6 Å². The molecule has 0 fully saturated rings. The van der Waals surface area contributed by atoms with Crippen molar-refractivity contribution in [3.63, 3.8) is 0 Å². The van der Waals surface area contributed by atoms with Crippen LogP contribution in [0.4, 0.5) is 23.7 Å². The lowest BCUT2D eigenvalue weighted by molar-refractivity contribution is -0.137. The van der Waals surface area contributed by atoms with Gasteiger partial charge in [0.2, 0.25) is 0 Å². The average Bonchev–Trinajstić information content (AvgIpc) is 2.68. The molecule has 144 valence electrons. The second-order valence-electron chi connectivity index (χ2n) is 6.05.